The first kappa shape index (κ1) is 20.4. The number of carboxylic acids is 1. The van der Waals surface area contributed by atoms with Crippen LogP contribution in [0.2, 0.25) is 0 Å². The Balaban J connectivity index is 0.00000288. The fourth-order valence-electron chi connectivity index (χ4n) is 2.81. The zero-order chi connectivity index (χ0) is 16.7. The van der Waals surface area contributed by atoms with Gasteiger partial charge in [-0.25, -0.2) is 4.39 Å². The molecule has 0 atom stereocenters. The molecule has 1 saturated heterocycles. The summed E-state index contributed by atoms with van der Waals surface area (Å²) in [5, 5.41) is 8.63. The van der Waals surface area contributed by atoms with Crippen LogP contribution in [0.3, 0.4) is 0 Å². The fraction of sp³-hybridized carbons (Fsp3) is 0.529. The van der Waals surface area contributed by atoms with E-state index in [1.54, 1.807) is 17.0 Å². The summed E-state index contributed by atoms with van der Waals surface area (Å²) < 4.78 is 13.7. The van der Waals surface area contributed by atoms with Gasteiger partial charge in [0.1, 0.15) is 5.82 Å². The molecule has 1 aliphatic rings. The van der Waals surface area contributed by atoms with Crippen molar-refractivity contribution in [1.29, 1.82) is 0 Å². The van der Waals surface area contributed by atoms with E-state index in [-0.39, 0.29) is 30.3 Å². The van der Waals surface area contributed by atoms with Crippen molar-refractivity contribution in [2.24, 2.45) is 0 Å². The van der Waals surface area contributed by atoms with Crippen molar-refractivity contribution < 1.29 is 19.1 Å². The molecule has 1 aliphatic heterocycles. The number of nitrogens with zero attached hydrogens (tertiary/aromatic N) is 2. The van der Waals surface area contributed by atoms with Crippen LogP contribution < -0.4 is 0 Å². The minimum atomic E-state index is -0.762. The number of halogens is 2. The van der Waals surface area contributed by atoms with Crippen LogP contribution in [0.1, 0.15) is 36.0 Å². The van der Waals surface area contributed by atoms with Gasteiger partial charge >= 0.3 is 5.97 Å². The lowest BCUT2D eigenvalue weighted by Crippen LogP contribution is -2.35. The van der Waals surface area contributed by atoms with Crippen LogP contribution in [0.25, 0.3) is 0 Å². The lowest BCUT2D eigenvalue weighted by atomic mass is 10.2. The molecule has 1 fully saturated rings. The first-order valence-electron chi connectivity index (χ1n) is 8.06. The second-order valence-corrected chi connectivity index (χ2v) is 5.82. The van der Waals surface area contributed by atoms with Gasteiger partial charge in [0.2, 0.25) is 0 Å². The van der Waals surface area contributed by atoms with Crippen LogP contribution >= 0.6 is 12.4 Å². The van der Waals surface area contributed by atoms with E-state index >= 15 is 0 Å². The van der Waals surface area contributed by atoms with E-state index in [0.29, 0.717) is 19.5 Å². The molecule has 2 rings (SSSR count). The van der Waals surface area contributed by atoms with Gasteiger partial charge in [0, 0.05) is 26.1 Å². The predicted octanol–water partition coefficient (Wildman–Crippen LogP) is 2.65. The van der Waals surface area contributed by atoms with Gasteiger partial charge in [0.05, 0.1) is 5.56 Å². The topological polar surface area (TPSA) is 60.9 Å². The Labute approximate surface area is 147 Å². The summed E-state index contributed by atoms with van der Waals surface area (Å²) in [4.78, 5) is 26.9. The Morgan fingerprint density at radius 1 is 1.08 bits per heavy atom. The van der Waals surface area contributed by atoms with Crippen molar-refractivity contribution in [1.82, 2.24) is 9.80 Å². The van der Waals surface area contributed by atoms with Crippen molar-refractivity contribution >= 4 is 24.3 Å². The second kappa shape index (κ2) is 10.3. The molecule has 134 valence electrons. The van der Waals surface area contributed by atoms with E-state index in [1.165, 1.54) is 12.1 Å². The minimum absolute atomic E-state index is 0. The van der Waals surface area contributed by atoms with E-state index in [1.807, 2.05) is 0 Å². The number of aliphatic carboxylic acids is 1. The fourth-order valence-corrected chi connectivity index (χ4v) is 2.81. The Morgan fingerprint density at radius 2 is 1.83 bits per heavy atom. The smallest absolute Gasteiger partial charge is 0.303 e. The standard InChI is InChI=1S/C17H23FN2O3.ClH/c18-15-7-2-1-6-14(15)17(23)20-11-5-10-19(12-13-20)9-4-3-8-16(21)22;/h1-2,6-7H,3-5,8-13H2,(H,21,22);1H. The van der Waals surface area contributed by atoms with Crippen LogP contribution in [0.5, 0.6) is 0 Å². The maximum absolute atomic E-state index is 13.7. The highest BCUT2D eigenvalue weighted by Crippen LogP contribution is 2.13. The number of amides is 1. The number of carboxylic acid groups (broad SMARTS) is 1. The second-order valence-electron chi connectivity index (χ2n) is 5.82. The molecule has 0 bridgehead atoms. The van der Waals surface area contributed by atoms with Crippen LogP contribution in [-0.4, -0.2) is 59.5 Å². The average Bonchev–Trinajstić information content (AvgIpc) is 2.77. The SMILES string of the molecule is Cl.O=C(O)CCCCN1CCCN(C(=O)c2ccccc2F)CC1. The van der Waals surface area contributed by atoms with Crippen molar-refractivity contribution in [2.75, 3.05) is 32.7 Å². The summed E-state index contributed by atoms with van der Waals surface area (Å²) >= 11 is 0. The molecule has 1 aromatic rings. The van der Waals surface area contributed by atoms with E-state index in [4.69, 9.17) is 5.11 Å². The number of carbonyl (C=O) groups excluding carboxylic acids is 1. The molecule has 0 unspecified atom stereocenters. The third-order valence-corrected chi connectivity index (χ3v) is 4.09. The first-order valence-corrected chi connectivity index (χ1v) is 8.06. The summed E-state index contributed by atoms with van der Waals surface area (Å²) in [5.74, 6) is -1.49. The van der Waals surface area contributed by atoms with Crippen molar-refractivity contribution in [3.05, 3.63) is 35.6 Å². The van der Waals surface area contributed by atoms with Gasteiger partial charge in [-0.2, -0.15) is 0 Å². The number of benzene rings is 1. The molecule has 0 saturated carbocycles. The van der Waals surface area contributed by atoms with Crippen molar-refractivity contribution in [3.8, 4) is 0 Å². The molecular formula is C17H24ClFN2O3. The van der Waals surface area contributed by atoms with Gasteiger partial charge in [0.25, 0.3) is 5.91 Å². The van der Waals surface area contributed by atoms with Gasteiger partial charge in [-0.3, -0.25) is 9.59 Å². The molecule has 5 nitrogen and oxygen atoms in total. The van der Waals surface area contributed by atoms with Gasteiger partial charge in [-0.05, 0) is 44.5 Å². The molecule has 7 heteroatoms. The predicted molar refractivity (Wildman–Crippen MR) is 92.1 cm³/mol. The Kier molecular flexibility index (Phi) is 8.71. The third kappa shape index (κ3) is 6.09. The van der Waals surface area contributed by atoms with Gasteiger partial charge in [-0.1, -0.05) is 12.1 Å². The lowest BCUT2D eigenvalue weighted by Gasteiger charge is -2.22. The van der Waals surface area contributed by atoms with Crippen molar-refractivity contribution in [3.63, 3.8) is 0 Å². The first-order chi connectivity index (χ1) is 11.1. The summed E-state index contributed by atoms with van der Waals surface area (Å²) in [6.07, 6.45) is 2.56. The molecule has 0 spiro atoms. The summed E-state index contributed by atoms with van der Waals surface area (Å²) in [7, 11) is 0. The van der Waals surface area contributed by atoms with Crippen molar-refractivity contribution in [2.45, 2.75) is 25.7 Å². The highest BCUT2D eigenvalue weighted by molar-refractivity contribution is 5.94. The third-order valence-electron chi connectivity index (χ3n) is 4.09. The lowest BCUT2D eigenvalue weighted by molar-refractivity contribution is -0.137. The monoisotopic (exact) mass is 358 g/mol. The van der Waals surface area contributed by atoms with Crippen LogP contribution in [-0.2, 0) is 4.79 Å². The maximum atomic E-state index is 13.7. The number of rotatable bonds is 6. The highest BCUT2D eigenvalue weighted by atomic mass is 35.5. The van der Waals surface area contributed by atoms with Crippen LogP contribution in [0.4, 0.5) is 4.39 Å². The Hall–Kier alpha value is -1.66. The van der Waals surface area contributed by atoms with Gasteiger partial charge in [-0.15, -0.1) is 12.4 Å². The van der Waals surface area contributed by atoms with E-state index < -0.39 is 11.8 Å². The molecule has 24 heavy (non-hydrogen) atoms. The highest BCUT2D eigenvalue weighted by Gasteiger charge is 2.22. The molecule has 1 heterocycles. The molecular weight excluding hydrogens is 335 g/mol. The normalized spacial score (nSPS) is 15.5. The zero-order valence-corrected chi connectivity index (χ0v) is 14.4. The molecule has 0 aromatic heterocycles. The number of carbonyl (C=O) groups is 2. The van der Waals surface area contributed by atoms with E-state index in [0.717, 1.165) is 32.5 Å². The van der Waals surface area contributed by atoms with Crippen LogP contribution in [0.15, 0.2) is 24.3 Å². The largest absolute Gasteiger partial charge is 0.481 e. The summed E-state index contributed by atoms with van der Waals surface area (Å²) in [6.45, 7) is 3.67. The maximum Gasteiger partial charge on any atom is 0.303 e. The number of hydrogen-bond acceptors (Lipinski definition) is 3. The van der Waals surface area contributed by atoms with E-state index in [9.17, 15) is 14.0 Å². The molecule has 1 amide bonds. The number of hydrogen-bond donors (Lipinski definition) is 1. The molecule has 1 N–H and O–H groups in total. The molecule has 1 aromatic carbocycles. The Bertz CT molecular complexity index is 556. The number of unbranched alkanes of at least 4 members (excludes halogenated alkanes) is 1. The van der Waals surface area contributed by atoms with Crippen LogP contribution in [0, 0.1) is 5.82 Å². The molecule has 0 radical (unpaired) electrons. The van der Waals surface area contributed by atoms with E-state index in [2.05, 4.69) is 4.90 Å². The Morgan fingerprint density at radius 3 is 2.54 bits per heavy atom. The molecule has 0 aliphatic carbocycles. The van der Waals surface area contributed by atoms with Gasteiger partial charge < -0.3 is 14.9 Å². The summed E-state index contributed by atoms with van der Waals surface area (Å²) in [5.41, 5.74) is 0.127. The quantitative estimate of drug-likeness (QED) is 0.794. The summed E-state index contributed by atoms with van der Waals surface area (Å²) in [6, 6.07) is 6.07. The minimum Gasteiger partial charge on any atom is -0.481 e. The van der Waals surface area contributed by atoms with Gasteiger partial charge in [0.15, 0.2) is 0 Å². The average molecular weight is 359 g/mol. The zero-order valence-electron chi connectivity index (χ0n) is 13.6.